The molecule has 0 aliphatic carbocycles. The molecule has 0 fully saturated rings. The maximum absolute atomic E-state index is 13.1. The van der Waals surface area contributed by atoms with Crippen molar-refractivity contribution in [2.75, 3.05) is 6.54 Å². The van der Waals surface area contributed by atoms with Gasteiger partial charge in [0.1, 0.15) is 5.60 Å². The summed E-state index contributed by atoms with van der Waals surface area (Å²) in [6, 6.07) is 10.8. The van der Waals surface area contributed by atoms with Gasteiger partial charge in [-0.1, -0.05) is 30.3 Å². The van der Waals surface area contributed by atoms with Crippen LogP contribution in [-0.2, 0) is 15.6 Å². The average molecular weight is 327 g/mol. The van der Waals surface area contributed by atoms with Crippen LogP contribution in [-0.4, -0.2) is 20.1 Å². The van der Waals surface area contributed by atoms with Crippen molar-refractivity contribution in [1.29, 1.82) is 0 Å². The molecule has 22 heavy (non-hydrogen) atoms. The van der Waals surface area contributed by atoms with Crippen LogP contribution in [0.4, 0.5) is 8.78 Å². The van der Waals surface area contributed by atoms with Gasteiger partial charge in [0.15, 0.2) is 11.6 Å². The predicted molar refractivity (Wildman–Crippen MR) is 77.6 cm³/mol. The van der Waals surface area contributed by atoms with Crippen molar-refractivity contribution in [2.45, 2.75) is 17.4 Å². The summed E-state index contributed by atoms with van der Waals surface area (Å²) in [6.45, 7) is 1.15. The minimum atomic E-state index is -4.06. The summed E-state index contributed by atoms with van der Waals surface area (Å²) in [5.41, 5.74) is -0.907. The van der Waals surface area contributed by atoms with Gasteiger partial charge in [-0.15, -0.1) is 0 Å². The summed E-state index contributed by atoms with van der Waals surface area (Å²) in [7, 11) is -4.06. The highest BCUT2D eigenvalue weighted by Crippen LogP contribution is 2.20. The van der Waals surface area contributed by atoms with Crippen LogP contribution in [0.1, 0.15) is 12.5 Å². The molecular weight excluding hydrogens is 312 g/mol. The fourth-order valence-corrected chi connectivity index (χ4v) is 3.01. The zero-order chi connectivity index (χ0) is 16.4. The third-order valence-electron chi connectivity index (χ3n) is 3.20. The Hall–Kier alpha value is -1.83. The quantitative estimate of drug-likeness (QED) is 0.884. The molecule has 0 saturated carbocycles. The van der Waals surface area contributed by atoms with E-state index in [4.69, 9.17) is 0 Å². The number of sulfonamides is 1. The molecule has 0 saturated heterocycles. The first-order valence-corrected chi connectivity index (χ1v) is 7.93. The first kappa shape index (κ1) is 16.5. The van der Waals surface area contributed by atoms with Crippen molar-refractivity contribution < 1.29 is 22.3 Å². The van der Waals surface area contributed by atoms with Gasteiger partial charge in [0.2, 0.25) is 10.0 Å². The zero-order valence-corrected chi connectivity index (χ0v) is 12.6. The van der Waals surface area contributed by atoms with Gasteiger partial charge in [-0.05, 0) is 30.7 Å². The second kappa shape index (κ2) is 6.12. The van der Waals surface area contributed by atoms with E-state index in [9.17, 15) is 22.3 Å². The third-order valence-corrected chi connectivity index (χ3v) is 4.60. The molecule has 1 atom stereocenters. The minimum absolute atomic E-state index is 0.307. The van der Waals surface area contributed by atoms with Crippen molar-refractivity contribution in [3.63, 3.8) is 0 Å². The van der Waals surface area contributed by atoms with Crippen molar-refractivity contribution in [3.8, 4) is 0 Å². The number of rotatable bonds is 5. The molecule has 2 rings (SSSR count). The Morgan fingerprint density at radius 3 is 2.32 bits per heavy atom. The molecule has 0 bridgehead atoms. The lowest BCUT2D eigenvalue weighted by molar-refractivity contribution is 0.0627. The summed E-state index contributed by atoms with van der Waals surface area (Å²) in [5.74, 6) is -2.38. The fourth-order valence-electron chi connectivity index (χ4n) is 1.86. The lowest BCUT2D eigenvalue weighted by atomic mass is 9.97. The largest absolute Gasteiger partial charge is 0.384 e. The molecule has 2 aromatic rings. The van der Waals surface area contributed by atoms with E-state index in [1.807, 2.05) is 0 Å². The van der Waals surface area contributed by atoms with Gasteiger partial charge in [0, 0.05) is 6.54 Å². The Morgan fingerprint density at radius 2 is 1.73 bits per heavy atom. The van der Waals surface area contributed by atoms with Crippen molar-refractivity contribution in [3.05, 3.63) is 65.7 Å². The molecule has 2 N–H and O–H groups in total. The molecule has 0 heterocycles. The molecule has 1 unspecified atom stereocenters. The summed E-state index contributed by atoms with van der Waals surface area (Å²) >= 11 is 0. The van der Waals surface area contributed by atoms with Crippen LogP contribution in [0.15, 0.2) is 53.4 Å². The molecule has 0 radical (unpaired) electrons. The van der Waals surface area contributed by atoms with Gasteiger partial charge >= 0.3 is 0 Å². The molecule has 2 aromatic carbocycles. The van der Waals surface area contributed by atoms with Crippen LogP contribution >= 0.6 is 0 Å². The van der Waals surface area contributed by atoms with Crippen LogP contribution < -0.4 is 4.72 Å². The Morgan fingerprint density at radius 1 is 1.09 bits per heavy atom. The van der Waals surface area contributed by atoms with Gasteiger partial charge < -0.3 is 5.11 Å². The lowest BCUT2D eigenvalue weighted by Gasteiger charge is -2.24. The van der Waals surface area contributed by atoms with Crippen LogP contribution in [0.5, 0.6) is 0 Å². The highest BCUT2D eigenvalue weighted by Gasteiger charge is 2.26. The monoisotopic (exact) mass is 327 g/mol. The van der Waals surface area contributed by atoms with Crippen LogP contribution in [0, 0.1) is 11.6 Å². The normalized spacial score (nSPS) is 14.5. The van der Waals surface area contributed by atoms with Crippen LogP contribution in [0.2, 0.25) is 0 Å². The molecule has 0 aliphatic heterocycles. The summed E-state index contributed by atoms with van der Waals surface area (Å²) in [4.78, 5) is -0.407. The van der Waals surface area contributed by atoms with E-state index in [1.54, 1.807) is 30.3 Å². The molecule has 0 aliphatic rings. The van der Waals surface area contributed by atoms with Gasteiger partial charge in [-0.3, -0.25) is 0 Å². The molecule has 118 valence electrons. The molecule has 4 nitrogen and oxygen atoms in total. The second-order valence-corrected chi connectivity index (χ2v) is 6.81. The smallest absolute Gasteiger partial charge is 0.240 e. The van der Waals surface area contributed by atoms with Crippen molar-refractivity contribution in [1.82, 2.24) is 4.72 Å². The third kappa shape index (κ3) is 3.68. The maximum Gasteiger partial charge on any atom is 0.240 e. The molecule has 7 heteroatoms. The van der Waals surface area contributed by atoms with Gasteiger partial charge in [0.05, 0.1) is 4.90 Å². The summed E-state index contributed by atoms with van der Waals surface area (Å²) in [6.07, 6.45) is 0. The number of aliphatic hydroxyl groups is 1. The molecular formula is C15H15F2NO3S. The highest BCUT2D eigenvalue weighted by atomic mass is 32.2. The Balaban J connectivity index is 2.17. The van der Waals surface area contributed by atoms with E-state index in [2.05, 4.69) is 4.72 Å². The Bertz CT molecular complexity index is 762. The molecule has 0 amide bonds. The van der Waals surface area contributed by atoms with Gasteiger partial charge in [0.25, 0.3) is 0 Å². The Kier molecular flexibility index (Phi) is 4.60. The summed E-state index contributed by atoms with van der Waals surface area (Å²) < 4.78 is 52.3. The molecule has 0 spiro atoms. The van der Waals surface area contributed by atoms with Gasteiger partial charge in [-0.25, -0.2) is 21.9 Å². The van der Waals surface area contributed by atoms with E-state index >= 15 is 0 Å². The average Bonchev–Trinajstić information content (AvgIpc) is 2.49. The zero-order valence-electron chi connectivity index (χ0n) is 11.8. The number of hydrogen-bond donors (Lipinski definition) is 2. The van der Waals surface area contributed by atoms with E-state index in [0.717, 1.165) is 12.1 Å². The number of nitrogens with one attached hydrogen (secondary N) is 1. The second-order valence-electron chi connectivity index (χ2n) is 5.04. The number of halogens is 2. The topological polar surface area (TPSA) is 66.4 Å². The lowest BCUT2D eigenvalue weighted by Crippen LogP contribution is -2.38. The fraction of sp³-hybridized carbons (Fsp3) is 0.200. The first-order valence-electron chi connectivity index (χ1n) is 6.45. The Labute approximate surface area is 127 Å². The predicted octanol–water partition coefficient (Wildman–Crippen LogP) is 2.15. The van der Waals surface area contributed by atoms with Crippen molar-refractivity contribution >= 4 is 10.0 Å². The minimum Gasteiger partial charge on any atom is -0.384 e. The van der Waals surface area contributed by atoms with E-state index in [-0.39, 0.29) is 6.54 Å². The maximum atomic E-state index is 13.1. The SMILES string of the molecule is CC(O)(CNS(=O)(=O)c1ccc(F)c(F)c1)c1ccccc1. The van der Waals surface area contributed by atoms with E-state index in [1.165, 1.54) is 6.92 Å². The van der Waals surface area contributed by atoms with E-state index < -0.39 is 32.2 Å². The number of hydrogen-bond acceptors (Lipinski definition) is 3. The standard InChI is InChI=1S/C15H15F2NO3S/c1-15(19,11-5-3-2-4-6-11)10-18-22(20,21)12-7-8-13(16)14(17)9-12/h2-9,18-19H,10H2,1H3. The van der Waals surface area contributed by atoms with E-state index in [0.29, 0.717) is 11.6 Å². The van der Waals surface area contributed by atoms with Gasteiger partial charge in [-0.2, -0.15) is 0 Å². The number of benzene rings is 2. The van der Waals surface area contributed by atoms with Crippen LogP contribution in [0.25, 0.3) is 0 Å². The molecule has 0 aromatic heterocycles. The van der Waals surface area contributed by atoms with Crippen molar-refractivity contribution in [2.24, 2.45) is 0 Å². The first-order chi connectivity index (χ1) is 10.2. The van der Waals surface area contributed by atoms with Crippen LogP contribution in [0.3, 0.4) is 0 Å². The summed E-state index contributed by atoms with van der Waals surface area (Å²) in [5, 5.41) is 10.3. The highest BCUT2D eigenvalue weighted by molar-refractivity contribution is 7.89.